The SMILES string of the molecule is O=S(=O)(Oc1ccc(OS(=O)(=O)c2ccc(Cl)nc2)cc1)c1ccc(Cl)nc1. The Balaban J connectivity index is 1.74. The van der Waals surface area contributed by atoms with Crippen LogP contribution < -0.4 is 8.37 Å². The largest absolute Gasteiger partial charge is 0.379 e. The Hall–Kier alpha value is -2.40. The first-order valence-corrected chi connectivity index (χ1v) is 11.0. The molecule has 3 aromatic rings. The van der Waals surface area contributed by atoms with Crippen LogP contribution in [0.5, 0.6) is 11.5 Å². The number of halogens is 2. The van der Waals surface area contributed by atoms with Crippen molar-refractivity contribution in [2.45, 2.75) is 9.79 Å². The lowest BCUT2D eigenvalue weighted by molar-refractivity contribution is 0.477. The van der Waals surface area contributed by atoms with Crippen LogP contribution in [0.1, 0.15) is 0 Å². The summed E-state index contributed by atoms with van der Waals surface area (Å²) in [5.41, 5.74) is 0. The number of aromatic nitrogens is 2. The third-order valence-corrected chi connectivity index (χ3v) is 6.12. The fourth-order valence-corrected chi connectivity index (χ4v) is 3.90. The Kier molecular flexibility index (Phi) is 5.75. The molecule has 2 aromatic heterocycles. The molecule has 0 saturated heterocycles. The van der Waals surface area contributed by atoms with Crippen molar-refractivity contribution in [2.75, 3.05) is 0 Å². The Morgan fingerprint density at radius 3 is 1.25 bits per heavy atom. The first-order chi connectivity index (χ1) is 13.2. The van der Waals surface area contributed by atoms with Crippen molar-refractivity contribution >= 4 is 43.4 Å². The van der Waals surface area contributed by atoms with Crippen LogP contribution in [-0.2, 0) is 20.2 Å². The quantitative estimate of drug-likeness (QED) is 0.406. The number of hydrogen-bond acceptors (Lipinski definition) is 8. The van der Waals surface area contributed by atoms with Crippen LogP contribution in [-0.4, -0.2) is 26.8 Å². The van der Waals surface area contributed by atoms with Gasteiger partial charge in [0.2, 0.25) is 0 Å². The van der Waals surface area contributed by atoms with Crippen molar-refractivity contribution in [3.63, 3.8) is 0 Å². The number of nitrogens with zero attached hydrogens (tertiary/aromatic N) is 2. The van der Waals surface area contributed by atoms with Crippen molar-refractivity contribution in [1.82, 2.24) is 9.97 Å². The summed E-state index contributed by atoms with van der Waals surface area (Å²) in [4.78, 5) is 6.99. The summed E-state index contributed by atoms with van der Waals surface area (Å²) >= 11 is 11.2. The maximum atomic E-state index is 12.2. The molecule has 0 bridgehead atoms. The molecule has 0 aliphatic carbocycles. The summed E-state index contributed by atoms with van der Waals surface area (Å²) in [6, 6.07) is 10.1. The van der Waals surface area contributed by atoms with Crippen molar-refractivity contribution < 1.29 is 25.2 Å². The van der Waals surface area contributed by atoms with Gasteiger partial charge < -0.3 is 8.37 Å². The Morgan fingerprint density at radius 2 is 0.964 bits per heavy atom. The van der Waals surface area contributed by atoms with Crippen molar-refractivity contribution in [3.05, 3.63) is 71.2 Å². The predicted molar refractivity (Wildman–Crippen MR) is 101 cm³/mol. The third-order valence-electron chi connectivity index (χ3n) is 3.21. The average molecular weight is 461 g/mol. The van der Waals surface area contributed by atoms with Crippen LogP contribution in [0, 0.1) is 0 Å². The molecule has 0 aliphatic rings. The van der Waals surface area contributed by atoms with Crippen molar-refractivity contribution in [3.8, 4) is 11.5 Å². The molecule has 0 spiro atoms. The molecular formula is C16H10Cl2N2O6S2. The highest BCUT2D eigenvalue weighted by Gasteiger charge is 2.19. The molecule has 0 aliphatic heterocycles. The molecule has 0 N–H and O–H groups in total. The van der Waals surface area contributed by atoms with E-state index in [1.807, 2.05) is 0 Å². The standard InChI is InChI=1S/C16H10Cl2N2O6S2/c17-15-7-5-13(9-19-15)27(21,22)25-11-1-2-12(4-3-11)26-28(23,24)14-6-8-16(18)20-10-14/h1-10H. The van der Waals surface area contributed by atoms with Crippen LogP contribution >= 0.6 is 23.2 Å². The molecule has 28 heavy (non-hydrogen) atoms. The lowest BCUT2D eigenvalue weighted by Crippen LogP contribution is -2.11. The number of rotatable bonds is 6. The van der Waals surface area contributed by atoms with Crippen LogP contribution in [0.4, 0.5) is 0 Å². The molecule has 3 rings (SSSR count). The van der Waals surface area contributed by atoms with Gasteiger partial charge in [-0.15, -0.1) is 0 Å². The smallest absolute Gasteiger partial charge is 0.340 e. The highest BCUT2D eigenvalue weighted by atomic mass is 35.5. The summed E-state index contributed by atoms with van der Waals surface area (Å²) < 4.78 is 58.7. The van der Waals surface area contributed by atoms with Gasteiger partial charge in [0.05, 0.1) is 12.4 Å². The van der Waals surface area contributed by atoms with Crippen LogP contribution in [0.25, 0.3) is 0 Å². The first kappa shape index (κ1) is 20.3. The van der Waals surface area contributed by atoms with Crippen LogP contribution in [0.15, 0.2) is 70.7 Å². The van der Waals surface area contributed by atoms with E-state index in [-0.39, 0.29) is 31.6 Å². The van der Waals surface area contributed by atoms with E-state index in [1.54, 1.807) is 0 Å². The van der Waals surface area contributed by atoms with Gasteiger partial charge in [0.1, 0.15) is 31.6 Å². The topological polar surface area (TPSA) is 113 Å². The molecule has 1 aromatic carbocycles. The normalized spacial score (nSPS) is 11.8. The molecule has 8 nitrogen and oxygen atoms in total. The van der Waals surface area contributed by atoms with Gasteiger partial charge in [-0.05, 0) is 48.5 Å². The lowest BCUT2D eigenvalue weighted by atomic mass is 10.3. The highest BCUT2D eigenvalue weighted by Crippen LogP contribution is 2.24. The monoisotopic (exact) mass is 460 g/mol. The second kappa shape index (κ2) is 7.92. The van der Waals surface area contributed by atoms with Gasteiger partial charge in [0.25, 0.3) is 0 Å². The second-order valence-corrected chi connectivity index (χ2v) is 9.05. The van der Waals surface area contributed by atoms with Gasteiger partial charge in [-0.2, -0.15) is 16.8 Å². The summed E-state index contributed by atoms with van der Waals surface area (Å²) in [6.45, 7) is 0. The zero-order valence-electron chi connectivity index (χ0n) is 13.7. The van der Waals surface area contributed by atoms with E-state index in [2.05, 4.69) is 9.97 Å². The summed E-state index contributed by atoms with van der Waals surface area (Å²) in [7, 11) is -8.25. The summed E-state index contributed by atoms with van der Waals surface area (Å²) in [6.07, 6.45) is 2.11. The molecule has 0 atom stereocenters. The molecule has 12 heteroatoms. The lowest BCUT2D eigenvalue weighted by Gasteiger charge is -2.09. The van der Waals surface area contributed by atoms with E-state index < -0.39 is 20.2 Å². The number of pyridine rings is 2. The van der Waals surface area contributed by atoms with Gasteiger partial charge in [-0.3, -0.25) is 0 Å². The molecule has 0 radical (unpaired) electrons. The maximum Gasteiger partial charge on any atom is 0.340 e. The van der Waals surface area contributed by atoms with Gasteiger partial charge >= 0.3 is 20.2 Å². The fraction of sp³-hybridized carbons (Fsp3) is 0. The first-order valence-electron chi connectivity index (χ1n) is 7.38. The Morgan fingerprint density at radius 1 is 0.607 bits per heavy atom. The molecule has 0 unspecified atom stereocenters. The predicted octanol–water partition coefficient (Wildman–Crippen LogP) is 3.32. The van der Waals surface area contributed by atoms with Gasteiger partial charge in [0.15, 0.2) is 0 Å². The van der Waals surface area contributed by atoms with E-state index in [9.17, 15) is 16.8 Å². The minimum Gasteiger partial charge on any atom is -0.379 e. The third kappa shape index (κ3) is 4.90. The second-order valence-electron chi connectivity index (χ2n) is 5.18. The zero-order chi connectivity index (χ0) is 20.4. The van der Waals surface area contributed by atoms with E-state index in [0.717, 1.165) is 12.4 Å². The molecular weight excluding hydrogens is 451 g/mol. The minimum absolute atomic E-state index is 0.0483. The highest BCUT2D eigenvalue weighted by molar-refractivity contribution is 7.87. The molecule has 0 amide bonds. The summed E-state index contributed by atoms with van der Waals surface area (Å²) in [5.74, 6) is -0.0966. The van der Waals surface area contributed by atoms with Crippen molar-refractivity contribution in [1.29, 1.82) is 0 Å². The number of hydrogen-bond donors (Lipinski definition) is 0. The average Bonchev–Trinajstić information content (AvgIpc) is 2.64. The van der Waals surface area contributed by atoms with Gasteiger partial charge in [-0.1, -0.05) is 23.2 Å². The van der Waals surface area contributed by atoms with E-state index in [1.165, 1.54) is 48.5 Å². The molecule has 0 fully saturated rings. The Labute approximate surface area is 170 Å². The van der Waals surface area contributed by atoms with Crippen molar-refractivity contribution in [2.24, 2.45) is 0 Å². The Bertz CT molecular complexity index is 1080. The minimum atomic E-state index is -4.13. The molecule has 146 valence electrons. The summed E-state index contributed by atoms with van der Waals surface area (Å²) in [5, 5.41) is 0.273. The maximum absolute atomic E-state index is 12.2. The fourth-order valence-electron chi connectivity index (χ4n) is 1.92. The van der Waals surface area contributed by atoms with E-state index in [4.69, 9.17) is 31.6 Å². The molecule has 0 saturated carbocycles. The van der Waals surface area contributed by atoms with Gasteiger partial charge in [-0.25, -0.2) is 9.97 Å². The van der Waals surface area contributed by atoms with E-state index >= 15 is 0 Å². The zero-order valence-corrected chi connectivity index (χ0v) is 16.8. The van der Waals surface area contributed by atoms with Crippen LogP contribution in [0.2, 0.25) is 10.3 Å². The van der Waals surface area contributed by atoms with E-state index in [0.29, 0.717) is 0 Å². The van der Waals surface area contributed by atoms with Crippen LogP contribution in [0.3, 0.4) is 0 Å². The molecule has 2 heterocycles. The van der Waals surface area contributed by atoms with Gasteiger partial charge in [0, 0.05) is 0 Å². The number of benzene rings is 1.